The summed E-state index contributed by atoms with van der Waals surface area (Å²) in [7, 11) is 2.01. The fraction of sp³-hybridized carbons (Fsp3) is 0.400. The summed E-state index contributed by atoms with van der Waals surface area (Å²) in [6.07, 6.45) is 7.72. The van der Waals surface area contributed by atoms with Crippen molar-refractivity contribution < 1.29 is 19.8 Å². The molecule has 1 saturated carbocycles. The number of aliphatic carboxylic acids is 2. The molecule has 1 aliphatic heterocycles. The van der Waals surface area contributed by atoms with Crippen LogP contribution in [0.5, 0.6) is 0 Å². The van der Waals surface area contributed by atoms with E-state index in [1.165, 1.54) is 12.8 Å². The highest BCUT2D eigenvalue weighted by Gasteiger charge is 2.51. The van der Waals surface area contributed by atoms with Crippen molar-refractivity contribution in [3.05, 3.63) is 35.6 Å². The summed E-state index contributed by atoms with van der Waals surface area (Å²) in [6.45, 7) is 0. The number of pyridine rings is 1. The van der Waals surface area contributed by atoms with Gasteiger partial charge in [-0.05, 0) is 31.9 Å². The second-order valence-corrected chi connectivity index (χ2v) is 5.82. The Morgan fingerprint density at radius 2 is 1.96 bits per heavy atom. The first kappa shape index (κ1) is 17.2. The average molecular weight is 340 g/mol. The van der Waals surface area contributed by atoms with Gasteiger partial charge in [0.05, 0.1) is 23.1 Å². The molecule has 7 nitrogen and oxygen atoms in total. The first-order chi connectivity index (χ1) is 10.9. The molecule has 1 saturated heterocycles. The van der Waals surface area contributed by atoms with E-state index in [0.29, 0.717) is 29.4 Å². The maximum absolute atomic E-state index is 9.55. The Kier molecular flexibility index (Phi) is 5.57. The van der Waals surface area contributed by atoms with Gasteiger partial charge in [-0.25, -0.2) is 9.59 Å². The zero-order valence-corrected chi connectivity index (χ0v) is 13.3. The molecule has 0 radical (unpaired) electrons. The van der Waals surface area contributed by atoms with Crippen LogP contribution in [0, 0.1) is 5.92 Å². The van der Waals surface area contributed by atoms with Crippen molar-refractivity contribution in [2.24, 2.45) is 5.92 Å². The Labute approximate surface area is 138 Å². The van der Waals surface area contributed by atoms with Crippen LogP contribution < -0.4 is 10.2 Å². The minimum atomic E-state index is -1.26. The first-order valence-corrected chi connectivity index (χ1v) is 7.50. The summed E-state index contributed by atoms with van der Waals surface area (Å²) in [5.41, 5.74) is 1.15. The normalized spacial score (nSPS) is 24.8. The molecule has 3 unspecified atom stereocenters. The van der Waals surface area contributed by atoms with Crippen molar-refractivity contribution >= 4 is 29.2 Å². The monoisotopic (exact) mass is 339 g/mol. The lowest BCUT2D eigenvalue weighted by molar-refractivity contribution is -0.134. The van der Waals surface area contributed by atoms with E-state index in [4.69, 9.17) is 21.8 Å². The molecule has 23 heavy (non-hydrogen) atoms. The number of halogens is 1. The topological polar surface area (TPSA) is 103 Å². The number of aromatic nitrogens is 1. The zero-order chi connectivity index (χ0) is 17.0. The van der Waals surface area contributed by atoms with Gasteiger partial charge in [0.1, 0.15) is 0 Å². The van der Waals surface area contributed by atoms with Crippen LogP contribution in [-0.2, 0) is 9.59 Å². The van der Waals surface area contributed by atoms with Gasteiger partial charge in [-0.2, -0.15) is 0 Å². The van der Waals surface area contributed by atoms with Crippen LogP contribution in [0.3, 0.4) is 0 Å². The Morgan fingerprint density at radius 1 is 1.30 bits per heavy atom. The molecule has 8 heteroatoms. The first-order valence-electron chi connectivity index (χ1n) is 7.12. The van der Waals surface area contributed by atoms with Gasteiger partial charge < -0.3 is 20.4 Å². The lowest BCUT2D eigenvalue weighted by Crippen LogP contribution is -2.41. The van der Waals surface area contributed by atoms with Crippen LogP contribution >= 0.6 is 11.6 Å². The number of anilines is 1. The van der Waals surface area contributed by atoms with Crippen LogP contribution in [-0.4, -0.2) is 46.4 Å². The molecule has 2 aliphatic rings. The minimum Gasteiger partial charge on any atom is -0.478 e. The van der Waals surface area contributed by atoms with Gasteiger partial charge >= 0.3 is 11.9 Å². The Balaban J connectivity index is 0.000000207. The van der Waals surface area contributed by atoms with Gasteiger partial charge in [-0.3, -0.25) is 4.98 Å². The van der Waals surface area contributed by atoms with Crippen LogP contribution in [0.15, 0.2) is 30.6 Å². The van der Waals surface area contributed by atoms with Gasteiger partial charge in [0.2, 0.25) is 0 Å². The summed E-state index contributed by atoms with van der Waals surface area (Å²) in [6, 6.07) is 2.71. The molecule has 1 aliphatic carbocycles. The van der Waals surface area contributed by atoms with Crippen LogP contribution in [0.2, 0.25) is 5.02 Å². The van der Waals surface area contributed by atoms with E-state index in [1.54, 1.807) is 6.20 Å². The average Bonchev–Trinajstić information content (AvgIpc) is 3.16. The van der Waals surface area contributed by atoms with Crippen LogP contribution in [0.25, 0.3) is 0 Å². The predicted octanol–water partition coefficient (Wildman–Crippen LogP) is 1.59. The molecule has 2 fully saturated rings. The number of carboxylic acids is 2. The second-order valence-electron chi connectivity index (χ2n) is 5.38. The van der Waals surface area contributed by atoms with Gasteiger partial charge in [0.25, 0.3) is 0 Å². The summed E-state index contributed by atoms with van der Waals surface area (Å²) >= 11 is 5.97. The van der Waals surface area contributed by atoms with Crippen molar-refractivity contribution in [1.29, 1.82) is 0 Å². The van der Waals surface area contributed by atoms with E-state index in [-0.39, 0.29) is 0 Å². The number of carbonyl (C=O) groups is 2. The van der Waals surface area contributed by atoms with Crippen molar-refractivity contribution in [1.82, 2.24) is 10.3 Å². The van der Waals surface area contributed by atoms with Gasteiger partial charge in [-0.15, -0.1) is 0 Å². The van der Waals surface area contributed by atoms with E-state index in [9.17, 15) is 9.59 Å². The number of nitrogens with zero attached hydrogens (tertiary/aromatic N) is 2. The number of piperidine rings is 1. The summed E-state index contributed by atoms with van der Waals surface area (Å²) in [5, 5.41) is 19.7. The van der Waals surface area contributed by atoms with Crippen LogP contribution in [0.1, 0.15) is 12.8 Å². The Morgan fingerprint density at radius 3 is 2.48 bits per heavy atom. The molecule has 0 spiro atoms. The van der Waals surface area contributed by atoms with Crippen molar-refractivity contribution in [3.8, 4) is 0 Å². The number of hydrogen-bond donors (Lipinski definition) is 3. The summed E-state index contributed by atoms with van der Waals surface area (Å²) < 4.78 is 0. The molecule has 2 heterocycles. The second kappa shape index (κ2) is 7.43. The molecule has 124 valence electrons. The molecule has 3 atom stereocenters. The van der Waals surface area contributed by atoms with Crippen molar-refractivity contribution in [3.63, 3.8) is 0 Å². The smallest absolute Gasteiger partial charge is 0.328 e. The van der Waals surface area contributed by atoms with Gasteiger partial charge in [0, 0.05) is 24.4 Å². The fourth-order valence-corrected chi connectivity index (χ4v) is 2.94. The largest absolute Gasteiger partial charge is 0.478 e. The number of nitrogens with one attached hydrogen (secondary N) is 1. The van der Waals surface area contributed by atoms with Crippen LogP contribution in [0.4, 0.5) is 5.69 Å². The SMILES string of the molecule is CNC1CC2CC2N1c1cncc(Cl)c1.O=C(O)C=CC(=O)O. The molecule has 0 bridgehead atoms. The third-order valence-electron chi connectivity index (χ3n) is 3.79. The molecule has 1 aromatic heterocycles. The van der Waals surface area contributed by atoms with Gasteiger partial charge in [0.15, 0.2) is 0 Å². The number of hydrogen-bond acceptors (Lipinski definition) is 5. The lowest BCUT2D eigenvalue weighted by atomic mass is 10.2. The summed E-state index contributed by atoms with van der Waals surface area (Å²) in [5.74, 6) is -1.64. The molecule has 3 rings (SSSR count). The molecule has 0 aromatic carbocycles. The standard InChI is InChI=1S/C11H14ClN3.C4H4O4/c1-13-11-3-7-2-10(7)15(11)9-4-8(12)5-14-6-9;5-3(6)1-2-4(7)8/h4-7,10-11,13H,2-3H2,1H3;1-2H,(H,5,6)(H,7,8). The number of rotatable bonds is 4. The van der Waals surface area contributed by atoms with E-state index >= 15 is 0 Å². The molecular formula is C15H18ClN3O4. The lowest BCUT2D eigenvalue weighted by Gasteiger charge is -2.29. The third-order valence-corrected chi connectivity index (χ3v) is 4.00. The highest BCUT2D eigenvalue weighted by atomic mass is 35.5. The van der Waals surface area contributed by atoms with E-state index in [1.807, 2.05) is 19.3 Å². The summed E-state index contributed by atoms with van der Waals surface area (Å²) in [4.78, 5) is 25.7. The molecule has 0 amide bonds. The zero-order valence-electron chi connectivity index (χ0n) is 12.5. The minimum absolute atomic E-state index is 0.453. The number of carboxylic acid groups (broad SMARTS) is 2. The highest BCUT2D eigenvalue weighted by molar-refractivity contribution is 6.30. The van der Waals surface area contributed by atoms with E-state index in [2.05, 4.69) is 15.2 Å². The third kappa shape index (κ3) is 4.67. The molecule has 1 aromatic rings. The molecule has 3 N–H and O–H groups in total. The van der Waals surface area contributed by atoms with Crippen molar-refractivity contribution in [2.75, 3.05) is 11.9 Å². The predicted molar refractivity (Wildman–Crippen MR) is 85.5 cm³/mol. The quantitative estimate of drug-likeness (QED) is 0.716. The van der Waals surface area contributed by atoms with Gasteiger partial charge in [-0.1, -0.05) is 11.6 Å². The maximum atomic E-state index is 9.55. The number of fused-ring (bicyclic) bond motifs is 1. The van der Waals surface area contributed by atoms with Crippen molar-refractivity contribution in [2.45, 2.75) is 25.0 Å². The fourth-order valence-electron chi connectivity index (χ4n) is 2.77. The maximum Gasteiger partial charge on any atom is 0.328 e. The van der Waals surface area contributed by atoms with E-state index in [0.717, 1.165) is 11.6 Å². The van der Waals surface area contributed by atoms with E-state index < -0.39 is 11.9 Å². The Hall–Kier alpha value is -2.12. The Bertz CT molecular complexity index is 606. The highest BCUT2D eigenvalue weighted by Crippen LogP contribution is 2.48. The molecular weight excluding hydrogens is 322 g/mol.